The number of hydrogen-bond acceptors (Lipinski definition) is 2. The number of benzene rings is 1. The van der Waals surface area contributed by atoms with Gasteiger partial charge in [-0.3, -0.25) is 4.79 Å². The third-order valence-electron chi connectivity index (χ3n) is 2.91. The van der Waals surface area contributed by atoms with Crippen molar-refractivity contribution in [2.45, 2.75) is 52.0 Å². The third kappa shape index (κ3) is 6.97. The summed E-state index contributed by atoms with van der Waals surface area (Å²) in [6, 6.07) is 8.63. The van der Waals surface area contributed by atoms with Crippen molar-refractivity contribution in [2.24, 2.45) is 5.73 Å². The summed E-state index contributed by atoms with van der Waals surface area (Å²) in [5.74, 6) is 0.0232. The molecule has 0 saturated carbocycles. The fraction of sp³-hybridized carbons (Fsp3) is 0.562. The smallest absolute Gasteiger partial charge is 0.221 e. The molecule has 3 nitrogen and oxygen atoms in total. The van der Waals surface area contributed by atoms with Gasteiger partial charge in [0, 0.05) is 18.5 Å². The Morgan fingerprint density at radius 1 is 1.16 bits per heavy atom. The van der Waals surface area contributed by atoms with Crippen molar-refractivity contribution >= 4 is 5.91 Å². The van der Waals surface area contributed by atoms with Crippen LogP contribution in [0.15, 0.2) is 24.3 Å². The van der Waals surface area contributed by atoms with E-state index in [0.29, 0.717) is 13.0 Å². The van der Waals surface area contributed by atoms with Gasteiger partial charge in [0.1, 0.15) is 0 Å². The first-order chi connectivity index (χ1) is 8.90. The van der Waals surface area contributed by atoms with Crippen molar-refractivity contribution in [1.29, 1.82) is 0 Å². The Kier molecular flexibility index (Phi) is 6.03. The zero-order chi connectivity index (χ0) is 14.3. The maximum atomic E-state index is 11.6. The van der Waals surface area contributed by atoms with Gasteiger partial charge in [-0.2, -0.15) is 0 Å². The first-order valence-corrected chi connectivity index (χ1v) is 7.04. The molecule has 0 aliphatic heterocycles. The van der Waals surface area contributed by atoms with E-state index >= 15 is 0 Å². The molecule has 3 N–H and O–H groups in total. The van der Waals surface area contributed by atoms with Crippen LogP contribution in [0.5, 0.6) is 0 Å². The predicted octanol–water partition coefficient (Wildman–Crippen LogP) is 2.43. The second-order valence-electron chi connectivity index (χ2n) is 5.83. The molecular weight excluding hydrogens is 236 g/mol. The molecule has 0 aromatic heterocycles. The molecule has 0 unspecified atom stereocenters. The molecule has 1 aromatic carbocycles. The van der Waals surface area contributed by atoms with Gasteiger partial charge in [0.05, 0.1) is 0 Å². The molecule has 0 saturated heterocycles. The van der Waals surface area contributed by atoms with E-state index in [9.17, 15) is 4.79 Å². The summed E-state index contributed by atoms with van der Waals surface area (Å²) >= 11 is 0. The molecule has 19 heavy (non-hydrogen) atoms. The minimum Gasteiger partial charge on any atom is -0.356 e. The Labute approximate surface area is 116 Å². The van der Waals surface area contributed by atoms with E-state index in [2.05, 4.69) is 36.5 Å². The maximum Gasteiger partial charge on any atom is 0.221 e. The van der Waals surface area contributed by atoms with Gasteiger partial charge >= 0.3 is 0 Å². The number of hydrogen-bond donors (Lipinski definition) is 2. The lowest BCUT2D eigenvalue weighted by Gasteiger charge is -2.17. The summed E-state index contributed by atoms with van der Waals surface area (Å²) in [6.07, 6.45) is 3.53. The molecule has 0 aliphatic rings. The van der Waals surface area contributed by atoms with E-state index < -0.39 is 5.54 Å². The average Bonchev–Trinajstić information content (AvgIpc) is 2.29. The zero-order valence-corrected chi connectivity index (χ0v) is 12.3. The van der Waals surface area contributed by atoms with Crippen LogP contribution in [-0.2, 0) is 17.6 Å². The SMILES string of the molecule is CCCc1ccc(CCNC(=O)CC(C)(C)N)cc1. The topological polar surface area (TPSA) is 55.1 Å². The summed E-state index contributed by atoms with van der Waals surface area (Å²) in [5.41, 5.74) is 8.00. The van der Waals surface area contributed by atoms with Gasteiger partial charge in [-0.25, -0.2) is 0 Å². The van der Waals surface area contributed by atoms with Crippen LogP contribution >= 0.6 is 0 Å². The lowest BCUT2D eigenvalue weighted by atomic mass is 10.0. The number of nitrogens with one attached hydrogen (secondary N) is 1. The molecule has 0 radical (unpaired) electrons. The van der Waals surface area contributed by atoms with E-state index in [1.54, 1.807) is 0 Å². The van der Waals surface area contributed by atoms with Crippen LogP contribution in [0.2, 0.25) is 0 Å². The Balaban J connectivity index is 2.31. The van der Waals surface area contributed by atoms with E-state index in [0.717, 1.165) is 12.8 Å². The minimum absolute atomic E-state index is 0.0232. The summed E-state index contributed by atoms with van der Waals surface area (Å²) in [6.45, 7) is 6.57. The highest BCUT2D eigenvalue weighted by Crippen LogP contribution is 2.07. The van der Waals surface area contributed by atoms with Crippen LogP contribution in [0, 0.1) is 0 Å². The summed E-state index contributed by atoms with van der Waals surface area (Å²) in [7, 11) is 0. The van der Waals surface area contributed by atoms with Crippen LogP contribution in [0.25, 0.3) is 0 Å². The fourth-order valence-corrected chi connectivity index (χ4v) is 1.98. The Bertz CT molecular complexity index is 390. The molecule has 3 heteroatoms. The molecule has 1 rings (SSSR count). The van der Waals surface area contributed by atoms with E-state index in [-0.39, 0.29) is 5.91 Å². The lowest BCUT2D eigenvalue weighted by molar-refractivity contribution is -0.121. The van der Waals surface area contributed by atoms with Gasteiger partial charge < -0.3 is 11.1 Å². The van der Waals surface area contributed by atoms with Gasteiger partial charge in [-0.05, 0) is 37.8 Å². The molecule has 1 amide bonds. The summed E-state index contributed by atoms with van der Waals surface area (Å²) < 4.78 is 0. The van der Waals surface area contributed by atoms with Crippen LogP contribution in [0.3, 0.4) is 0 Å². The van der Waals surface area contributed by atoms with Crippen molar-refractivity contribution in [3.05, 3.63) is 35.4 Å². The lowest BCUT2D eigenvalue weighted by Crippen LogP contribution is -2.39. The predicted molar refractivity (Wildman–Crippen MR) is 80.0 cm³/mol. The van der Waals surface area contributed by atoms with Gasteiger partial charge in [0.2, 0.25) is 5.91 Å². The Morgan fingerprint density at radius 2 is 1.68 bits per heavy atom. The molecule has 0 aliphatic carbocycles. The zero-order valence-electron chi connectivity index (χ0n) is 12.3. The Hall–Kier alpha value is -1.35. The van der Waals surface area contributed by atoms with E-state index in [4.69, 9.17) is 5.73 Å². The number of nitrogens with two attached hydrogens (primary N) is 1. The number of aryl methyl sites for hydroxylation is 1. The normalized spacial score (nSPS) is 11.4. The molecule has 0 atom stereocenters. The molecule has 0 bridgehead atoms. The second-order valence-corrected chi connectivity index (χ2v) is 5.83. The van der Waals surface area contributed by atoms with E-state index in [1.165, 1.54) is 17.5 Å². The molecule has 0 fully saturated rings. The summed E-state index contributed by atoms with van der Waals surface area (Å²) in [5, 5.41) is 2.91. The highest BCUT2D eigenvalue weighted by Gasteiger charge is 2.15. The van der Waals surface area contributed by atoms with Gasteiger partial charge in [-0.15, -0.1) is 0 Å². The van der Waals surface area contributed by atoms with Crippen molar-refractivity contribution in [1.82, 2.24) is 5.32 Å². The van der Waals surface area contributed by atoms with Crippen molar-refractivity contribution < 1.29 is 4.79 Å². The maximum absolute atomic E-state index is 11.6. The van der Waals surface area contributed by atoms with Crippen LogP contribution in [0.1, 0.15) is 44.7 Å². The highest BCUT2D eigenvalue weighted by molar-refractivity contribution is 5.77. The number of rotatable bonds is 7. The molecule has 1 aromatic rings. The molecule has 0 heterocycles. The van der Waals surface area contributed by atoms with Crippen LogP contribution in [0.4, 0.5) is 0 Å². The largest absolute Gasteiger partial charge is 0.356 e. The number of carbonyl (C=O) groups is 1. The molecule has 0 spiro atoms. The van der Waals surface area contributed by atoms with Gasteiger partial charge in [0.15, 0.2) is 0 Å². The summed E-state index contributed by atoms with van der Waals surface area (Å²) in [4.78, 5) is 11.6. The van der Waals surface area contributed by atoms with Crippen LogP contribution < -0.4 is 11.1 Å². The average molecular weight is 262 g/mol. The quantitative estimate of drug-likeness (QED) is 0.793. The third-order valence-corrected chi connectivity index (χ3v) is 2.91. The second kappa shape index (κ2) is 7.29. The molecule has 106 valence electrons. The monoisotopic (exact) mass is 262 g/mol. The van der Waals surface area contributed by atoms with E-state index in [1.807, 2.05) is 13.8 Å². The first-order valence-electron chi connectivity index (χ1n) is 7.04. The number of carbonyl (C=O) groups excluding carboxylic acids is 1. The van der Waals surface area contributed by atoms with Crippen molar-refractivity contribution in [3.8, 4) is 0 Å². The van der Waals surface area contributed by atoms with Gasteiger partial charge in [-0.1, -0.05) is 37.6 Å². The van der Waals surface area contributed by atoms with Crippen LogP contribution in [-0.4, -0.2) is 18.0 Å². The highest BCUT2D eigenvalue weighted by atomic mass is 16.1. The first kappa shape index (κ1) is 15.7. The fourth-order valence-electron chi connectivity index (χ4n) is 1.98. The molecular formula is C16H26N2O. The minimum atomic E-state index is -0.439. The van der Waals surface area contributed by atoms with Crippen molar-refractivity contribution in [3.63, 3.8) is 0 Å². The van der Waals surface area contributed by atoms with Gasteiger partial charge in [0.25, 0.3) is 0 Å². The Morgan fingerprint density at radius 3 is 2.16 bits per heavy atom. The van der Waals surface area contributed by atoms with Crippen molar-refractivity contribution in [2.75, 3.05) is 6.54 Å². The number of amides is 1. The standard InChI is InChI=1S/C16H26N2O/c1-4-5-13-6-8-14(9-7-13)10-11-18-15(19)12-16(2,3)17/h6-9H,4-5,10-12,17H2,1-3H3,(H,18,19).